The minimum Gasteiger partial charge on any atom is -0.326 e. The van der Waals surface area contributed by atoms with E-state index in [0.29, 0.717) is 12.2 Å². The third-order valence-corrected chi connectivity index (χ3v) is 5.10. The summed E-state index contributed by atoms with van der Waals surface area (Å²) >= 11 is 0. The summed E-state index contributed by atoms with van der Waals surface area (Å²) in [6.07, 6.45) is 0.187. The number of anilines is 2. The number of aromatic nitrogens is 2. The highest BCUT2D eigenvalue weighted by Gasteiger charge is 2.35. The van der Waals surface area contributed by atoms with Crippen molar-refractivity contribution in [2.45, 2.75) is 6.42 Å². The molecule has 0 spiro atoms. The van der Waals surface area contributed by atoms with E-state index in [0.717, 1.165) is 16.7 Å². The van der Waals surface area contributed by atoms with Crippen molar-refractivity contribution >= 4 is 34.2 Å². The molecule has 0 saturated carbocycles. The molecule has 27 heavy (non-hydrogen) atoms. The average molecular weight is 364 g/mol. The quantitative estimate of drug-likeness (QED) is 0.771. The molecule has 0 bridgehead atoms. The van der Waals surface area contributed by atoms with Crippen LogP contribution in [0.1, 0.15) is 6.42 Å². The van der Waals surface area contributed by atoms with E-state index in [4.69, 9.17) is 0 Å². The van der Waals surface area contributed by atoms with Crippen LogP contribution in [0.25, 0.3) is 11.0 Å². The molecule has 1 aromatic heterocycles. The Morgan fingerprint density at radius 2 is 1.70 bits per heavy atom. The van der Waals surface area contributed by atoms with Crippen molar-refractivity contribution in [3.8, 4) is 0 Å². The van der Waals surface area contributed by atoms with Gasteiger partial charge >= 0.3 is 5.69 Å². The average Bonchev–Trinajstić information content (AvgIpc) is 3.17. The van der Waals surface area contributed by atoms with Gasteiger partial charge in [-0.25, -0.2) is 4.79 Å². The normalized spacial score (nSPS) is 16.9. The van der Waals surface area contributed by atoms with Crippen LogP contribution < -0.4 is 15.9 Å². The van der Waals surface area contributed by atoms with E-state index in [1.807, 2.05) is 36.4 Å². The predicted molar refractivity (Wildman–Crippen MR) is 104 cm³/mol. The van der Waals surface area contributed by atoms with Gasteiger partial charge in [-0.3, -0.25) is 18.7 Å². The van der Waals surface area contributed by atoms with E-state index in [1.54, 1.807) is 40.3 Å². The van der Waals surface area contributed by atoms with Crippen molar-refractivity contribution in [2.24, 2.45) is 20.0 Å². The third kappa shape index (κ3) is 2.91. The van der Waals surface area contributed by atoms with Gasteiger partial charge in [-0.1, -0.05) is 18.2 Å². The van der Waals surface area contributed by atoms with Crippen LogP contribution in [-0.2, 0) is 23.7 Å². The number of para-hydroxylation sites is 1. The van der Waals surface area contributed by atoms with Gasteiger partial charge in [-0.2, -0.15) is 0 Å². The van der Waals surface area contributed by atoms with Crippen LogP contribution in [0.5, 0.6) is 0 Å². The Morgan fingerprint density at radius 1 is 1.00 bits per heavy atom. The Kier molecular flexibility index (Phi) is 4.07. The molecule has 1 atom stereocenters. The Bertz CT molecular complexity index is 1100. The number of nitrogens with one attached hydrogen (secondary N) is 1. The fourth-order valence-electron chi connectivity index (χ4n) is 3.57. The zero-order chi connectivity index (χ0) is 19.1. The monoisotopic (exact) mass is 364 g/mol. The Hall–Kier alpha value is -3.35. The van der Waals surface area contributed by atoms with Crippen molar-refractivity contribution in [3.05, 3.63) is 59.0 Å². The minimum absolute atomic E-state index is 0.0535. The summed E-state index contributed by atoms with van der Waals surface area (Å²) < 4.78 is 3.11. The number of hydrogen-bond donors (Lipinski definition) is 1. The molecular weight excluding hydrogens is 344 g/mol. The first-order chi connectivity index (χ1) is 13.0. The van der Waals surface area contributed by atoms with E-state index in [9.17, 15) is 14.4 Å². The SMILES string of the molecule is Cn1c(=O)n(C)c2cc(NC(=O)C3CC(=O)N(c4ccccc4)C3)ccc21. The van der Waals surface area contributed by atoms with E-state index in [1.165, 1.54) is 0 Å². The fourth-order valence-corrected chi connectivity index (χ4v) is 3.57. The summed E-state index contributed by atoms with van der Waals surface area (Å²) in [6, 6.07) is 14.7. The predicted octanol–water partition coefficient (Wildman–Crippen LogP) is 1.87. The maximum atomic E-state index is 12.7. The molecule has 1 aliphatic rings. The lowest BCUT2D eigenvalue weighted by Crippen LogP contribution is -2.28. The largest absolute Gasteiger partial charge is 0.328 e. The van der Waals surface area contributed by atoms with Crippen molar-refractivity contribution in [1.82, 2.24) is 9.13 Å². The number of benzene rings is 2. The van der Waals surface area contributed by atoms with Gasteiger partial charge in [0.05, 0.1) is 17.0 Å². The van der Waals surface area contributed by atoms with Crippen LogP contribution in [0.15, 0.2) is 53.3 Å². The number of hydrogen-bond acceptors (Lipinski definition) is 3. The van der Waals surface area contributed by atoms with Gasteiger partial charge < -0.3 is 10.2 Å². The number of fused-ring (bicyclic) bond motifs is 1. The van der Waals surface area contributed by atoms with E-state index < -0.39 is 5.92 Å². The molecule has 2 aromatic carbocycles. The zero-order valence-corrected chi connectivity index (χ0v) is 15.2. The second-order valence-electron chi connectivity index (χ2n) is 6.83. The molecule has 7 heteroatoms. The Balaban J connectivity index is 1.53. The Labute approximate surface area is 155 Å². The molecule has 3 aromatic rings. The van der Waals surface area contributed by atoms with Gasteiger partial charge in [0.1, 0.15) is 0 Å². The number of aryl methyl sites for hydroxylation is 2. The van der Waals surface area contributed by atoms with Gasteiger partial charge in [0, 0.05) is 38.4 Å². The van der Waals surface area contributed by atoms with Crippen LogP contribution in [-0.4, -0.2) is 27.5 Å². The lowest BCUT2D eigenvalue weighted by atomic mass is 10.1. The molecule has 2 heterocycles. The van der Waals surface area contributed by atoms with Crippen LogP contribution in [0, 0.1) is 5.92 Å². The molecule has 1 saturated heterocycles. The zero-order valence-electron chi connectivity index (χ0n) is 15.2. The van der Waals surface area contributed by atoms with E-state index >= 15 is 0 Å². The van der Waals surface area contributed by atoms with Gasteiger partial charge in [-0.15, -0.1) is 0 Å². The molecule has 2 amide bonds. The highest BCUT2D eigenvalue weighted by molar-refractivity contribution is 6.03. The first-order valence-corrected chi connectivity index (χ1v) is 8.77. The van der Waals surface area contributed by atoms with Gasteiger partial charge in [0.25, 0.3) is 0 Å². The lowest BCUT2D eigenvalue weighted by Gasteiger charge is -2.16. The van der Waals surface area contributed by atoms with Crippen LogP contribution in [0.3, 0.4) is 0 Å². The molecule has 1 fully saturated rings. The molecule has 4 rings (SSSR count). The molecule has 0 aliphatic carbocycles. The van der Waals surface area contributed by atoms with Crippen molar-refractivity contribution in [3.63, 3.8) is 0 Å². The number of carbonyl (C=O) groups is 2. The summed E-state index contributed by atoms with van der Waals surface area (Å²) in [4.78, 5) is 38.7. The maximum Gasteiger partial charge on any atom is 0.328 e. The maximum absolute atomic E-state index is 12.7. The highest BCUT2D eigenvalue weighted by atomic mass is 16.2. The molecule has 0 radical (unpaired) electrons. The molecule has 1 aliphatic heterocycles. The number of nitrogens with zero attached hydrogens (tertiary/aromatic N) is 3. The first kappa shape index (κ1) is 17.1. The molecular formula is C20H20N4O3. The standard InChI is InChI=1S/C20H20N4O3/c1-22-16-9-8-14(11-17(16)23(2)20(22)27)21-19(26)13-10-18(25)24(12-13)15-6-4-3-5-7-15/h3-9,11,13H,10,12H2,1-2H3,(H,21,26). The fraction of sp³-hybridized carbons (Fsp3) is 0.250. The second kappa shape index (κ2) is 6.42. The van der Waals surface area contributed by atoms with Gasteiger partial charge in [-0.05, 0) is 30.3 Å². The van der Waals surface area contributed by atoms with Crippen LogP contribution in [0.4, 0.5) is 11.4 Å². The van der Waals surface area contributed by atoms with E-state index in [-0.39, 0.29) is 23.9 Å². The summed E-state index contributed by atoms with van der Waals surface area (Å²) in [5.74, 6) is -0.655. The molecule has 1 N–H and O–H groups in total. The Morgan fingerprint density at radius 3 is 2.44 bits per heavy atom. The summed E-state index contributed by atoms with van der Waals surface area (Å²) in [5.41, 5.74) is 2.84. The second-order valence-corrected chi connectivity index (χ2v) is 6.83. The summed E-state index contributed by atoms with van der Waals surface area (Å²) in [7, 11) is 3.41. The number of rotatable bonds is 3. The van der Waals surface area contributed by atoms with Crippen molar-refractivity contribution in [1.29, 1.82) is 0 Å². The smallest absolute Gasteiger partial charge is 0.326 e. The highest BCUT2D eigenvalue weighted by Crippen LogP contribution is 2.26. The van der Waals surface area contributed by atoms with Crippen molar-refractivity contribution < 1.29 is 9.59 Å². The molecule has 1 unspecified atom stereocenters. The summed E-state index contributed by atoms with van der Waals surface area (Å²) in [6.45, 7) is 0.362. The summed E-state index contributed by atoms with van der Waals surface area (Å²) in [5, 5.41) is 2.88. The first-order valence-electron chi connectivity index (χ1n) is 8.77. The minimum atomic E-state index is -0.409. The van der Waals surface area contributed by atoms with Crippen LogP contribution in [0.2, 0.25) is 0 Å². The van der Waals surface area contributed by atoms with Gasteiger partial charge in [0.15, 0.2) is 0 Å². The topological polar surface area (TPSA) is 76.3 Å². The van der Waals surface area contributed by atoms with Crippen molar-refractivity contribution in [2.75, 3.05) is 16.8 Å². The molecule has 138 valence electrons. The lowest BCUT2D eigenvalue weighted by molar-refractivity contribution is -0.122. The number of imidazole rings is 1. The van der Waals surface area contributed by atoms with Gasteiger partial charge in [0.2, 0.25) is 11.8 Å². The van der Waals surface area contributed by atoms with E-state index in [2.05, 4.69) is 5.32 Å². The van der Waals surface area contributed by atoms with Crippen LogP contribution >= 0.6 is 0 Å². The number of amides is 2. The third-order valence-electron chi connectivity index (χ3n) is 5.10. The number of carbonyl (C=O) groups excluding carboxylic acids is 2. The molecule has 7 nitrogen and oxygen atoms in total.